The predicted octanol–water partition coefficient (Wildman–Crippen LogP) is 4.39. The zero-order valence-electron chi connectivity index (χ0n) is 30.0. The molecule has 48 heavy (non-hydrogen) atoms. The first kappa shape index (κ1) is 35.9. The first-order valence-electron chi connectivity index (χ1n) is 18.5. The molecule has 0 amide bonds. The highest BCUT2D eigenvalue weighted by Gasteiger charge is 2.84. The van der Waals surface area contributed by atoms with E-state index in [1.807, 2.05) is 0 Å². The van der Waals surface area contributed by atoms with E-state index in [0.717, 1.165) is 44.9 Å². The second-order valence-electron chi connectivity index (χ2n) is 18.9. The van der Waals surface area contributed by atoms with Gasteiger partial charge in [-0.15, -0.1) is 0 Å². The van der Waals surface area contributed by atoms with Gasteiger partial charge in [0.2, 0.25) is 0 Å². The normalized spacial score (nSPS) is 55.1. The summed E-state index contributed by atoms with van der Waals surface area (Å²) in [6, 6.07) is 0. The van der Waals surface area contributed by atoms with Crippen LogP contribution in [-0.4, -0.2) is 99.0 Å². The van der Waals surface area contributed by atoms with Crippen molar-refractivity contribution in [1.82, 2.24) is 0 Å². The number of hydrogen-bond donors (Lipinski definition) is 5. The maximum atomic E-state index is 14.2. The lowest BCUT2D eigenvalue weighted by atomic mass is 9.41. The van der Waals surface area contributed by atoms with Crippen LogP contribution in [0.5, 0.6) is 0 Å². The number of alkyl halides is 2. The van der Waals surface area contributed by atoms with Crippen LogP contribution in [0.2, 0.25) is 0 Å². The molecule has 17 atom stereocenters. The van der Waals surface area contributed by atoms with Gasteiger partial charge >= 0.3 is 6.11 Å². The van der Waals surface area contributed by atoms with Crippen molar-refractivity contribution in [2.75, 3.05) is 6.61 Å². The molecule has 7 rings (SSSR count). The molecule has 276 valence electrons. The van der Waals surface area contributed by atoms with Gasteiger partial charge in [0.05, 0.1) is 36.6 Å². The lowest BCUT2D eigenvalue weighted by Crippen LogP contribution is -2.61. The molecule has 7 fully saturated rings. The summed E-state index contributed by atoms with van der Waals surface area (Å²) in [6.45, 7) is 14.9. The Morgan fingerprint density at radius 1 is 0.875 bits per heavy atom. The molecule has 5 N–H and O–H groups in total. The average Bonchev–Trinajstić information content (AvgIpc) is 3.61. The van der Waals surface area contributed by atoms with E-state index in [1.54, 1.807) is 0 Å². The fourth-order valence-corrected chi connectivity index (χ4v) is 13.7. The molecule has 5 saturated carbocycles. The SMILES string of the molecule is C[C@@H]1C[C@H]([C@H](OC(C)(F)F)C(C)(C)O)O[C@H]2[C@H]1[C@@]1(C)CC[C@@]34C[C@@]35CC[C@H](OC3OC[C@@H](O)[C@H](O)[C@H]3O)C(C)(C)C5CC[C@H]4[C@]1(C)[C@H]2O. The molecule has 9 nitrogen and oxygen atoms in total. The monoisotopic (exact) mass is 686 g/mol. The van der Waals surface area contributed by atoms with E-state index in [-0.39, 0.29) is 52.1 Å². The molecule has 2 aliphatic heterocycles. The molecule has 0 aromatic carbocycles. The Bertz CT molecular complexity index is 1250. The summed E-state index contributed by atoms with van der Waals surface area (Å²) in [7, 11) is 0. The van der Waals surface area contributed by atoms with Gasteiger partial charge in [0.1, 0.15) is 24.4 Å². The van der Waals surface area contributed by atoms with Crippen molar-refractivity contribution >= 4 is 0 Å². The van der Waals surface area contributed by atoms with Crippen molar-refractivity contribution in [2.24, 2.45) is 50.7 Å². The maximum absolute atomic E-state index is 14.2. The van der Waals surface area contributed by atoms with Crippen molar-refractivity contribution < 1.29 is 53.3 Å². The molecular formula is C37H60F2O9. The molecule has 5 aliphatic carbocycles. The number of fused-ring (bicyclic) bond motifs is 4. The van der Waals surface area contributed by atoms with Gasteiger partial charge in [0.15, 0.2) is 6.29 Å². The fourth-order valence-electron chi connectivity index (χ4n) is 13.7. The lowest BCUT2D eigenvalue weighted by Gasteiger charge is -2.64. The summed E-state index contributed by atoms with van der Waals surface area (Å²) in [5.41, 5.74) is -2.22. The molecule has 2 unspecified atom stereocenters. The molecule has 0 aromatic heterocycles. The highest BCUT2D eigenvalue weighted by molar-refractivity contribution is 5.33. The van der Waals surface area contributed by atoms with E-state index in [9.17, 15) is 34.3 Å². The number of aliphatic hydroxyl groups is 5. The Morgan fingerprint density at radius 3 is 2.17 bits per heavy atom. The van der Waals surface area contributed by atoms with Crippen LogP contribution >= 0.6 is 0 Å². The van der Waals surface area contributed by atoms with Gasteiger partial charge in [-0.1, -0.05) is 34.6 Å². The summed E-state index contributed by atoms with van der Waals surface area (Å²) in [6.07, 6.45) is -4.37. The zero-order valence-corrected chi connectivity index (χ0v) is 30.0. The molecule has 0 radical (unpaired) electrons. The number of hydrogen-bond acceptors (Lipinski definition) is 9. The lowest BCUT2D eigenvalue weighted by molar-refractivity contribution is -0.311. The number of rotatable bonds is 6. The number of aliphatic hydroxyl groups excluding tert-OH is 4. The van der Waals surface area contributed by atoms with Crippen LogP contribution in [0.25, 0.3) is 0 Å². The van der Waals surface area contributed by atoms with Crippen molar-refractivity contribution in [1.29, 1.82) is 0 Å². The van der Waals surface area contributed by atoms with E-state index >= 15 is 0 Å². The summed E-state index contributed by atoms with van der Waals surface area (Å²) < 4.78 is 52.3. The van der Waals surface area contributed by atoms with Crippen molar-refractivity contribution in [3.05, 3.63) is 0 Å². The smallest absolute Gasteiger partial charge is 0.353 e. The van der Waals surface area contributed by atoms with Gasteiger partial charge in [0, 0.05) is 12.3 Å². The Balaban J connectivity index is 1.14. The second-order valence-corrected chi connectivity index (χ2v) is 18.9. The summed E-state index contributed by atoms with van der Waals surface area (Å²) >= 11 is 0. The third kappa shape index (κ3) is 4.77. The predicted molar refractivity (Wildman–Crippen MR) is 171 cm³/mol. The third-order valence-electron chi connectivity index (χ3n) is 15.9. The van der Waals surface area contributed by atoms with Crippen molar-refractivity contribution in [3.8, 4) is 0 Å². The van der Waals surface area contributed by atoms with Gasteiger partial charge in [-0.05, 0) is 111 Å². The minimum absolute atomic E-state index is 0.0551. The highest BCUT2D eigenvalue weighted by atomic mass is 19.3. The summed E-state index contributed by atoms with van der Waals surface area (Å²) in [5, 5.41) is 54.2. The van der Waals surface area contributed by atoms with E-state index in [4.69, 9.17) is 18.9 Å². The van der Waals surface area contributed by atoms with Crippen LogP contribution in [0.3, 0.4) is 0 Å². The Labute approximate surface area is 284 Å². The van der Waals surface area contributed by atoms with Gasteiger partial charge in [-0.2, -0.15) is 8.78 Å². The van der Waals surface area contributed by atoms with Gasteiger partial charge in [0.25, 0.3) is 0 Å². The first-order valence-corrected chi connectivity index (χ1v) is 18.5. The van der Waals surface area contributed by atoms with E-state index in [0.29, 0.717) is 19.3 Å². The Morgan fingerprint density at radius 2 is 1.52 bits per heavy atom. The van der Waals surface area contributed by atoms with Crippen LogP contribution in [0.4, 0.5) is 8.78 Å². The topological polar surface area (TPSA) is 138 Å². The standard InChI is InChI=1S/C37H60F2O9/c1-18-15-20(29(32(4,5)44)48-35(8,38)39)46-27-24(18)33(6)13-14-37-17-36(37)12-11-23(47-30-26(42)25(41)19(40)16-45-30)31(2,3)21(36)9-10-22(37)34(33,7)28(27)43/h18-30,40-44H,9-17H2,1-8H3/t18-,19-,20-,21?,22+,23+,24+,25+,26-,27+,28+,29+,30?,33-,34-,36-,37+/m1/s1. The fraction of sp³-hybridized carbons (Fsp3) is 1.00. The minimum atomic E-state index is -3.44. The van der Waals surface area contributed by atoms with Crippen LogP contribution in [0, 0.1) is 50.7 Å². The van der Waals surface area contributed by atoms with E-state index < -0.39 is 66.1 Å². The second kappa shape index (κ2) is 11.0. The minimum Gasteiger partial charge on any atom is -0.390 e. The van der Waals surface area contributed by atoms with Crippen LogP contribution < -0.4 is 0 Å². The van der Waals surface area contributed by atoms with Gasteiger partial charge in [-0.3, -0.25) is 0 Å². The van der Waals surface area contributed by atoms with Crippen LogP contribution in [0.15, 0.2) is 0 Å². The van der Waals surface area contributed by atoms with Crippen LogP contribution in [0.1, 0.15) is 107 Å². The summed E-state index contributed by atoms with van der Waals surface area (Å²) in [4.78, 5) is 0. The number of halogens is 2. The largest absolute Gasteiger partial charge is 0.390 e. The zero-order chi connectivity index (χ0) is 35.2. The average molecular weight is 687 g/mol. The number of ether oxygens (including phenoxy) is 4. The molecule has 0 bridgehead atoms. The highest BCUT2D eigenvalue weighted by Crippen LogP contribution is 2.89. The molecule has 11 heteroatoms. The Kier molecular flexibility index (Phi) is 8.23. The quantitative estimate of drug-likeness (QED) is 0.258. The molecule has 2 spiro atoms. The first-order chi connectivity index (χ1) is 22.0. The Hall–Kier alpha value is -0.500. The maximum Gasteiger partial charge on any atom is 0.353 e. The molecule has 2 saturated heterocycles. The van der Waals surface area contributed by atoms with Gasteiger partial charge < -0.3 is 44.5 Å². The summed E-state index contributed by atoms with van der Waals surface area (Å²) in [5.74, 6) is 0.797. The molecule has 0 aromatic rings. The molecular weight excluding hydrogens is 626 g/mol. The van der Waals surface area contributed by atoms with Crippen molar-refractivity contribution in [2.45, 2.75) is 174 Å². The van der Waals surface area contributed by atoms with Crippen LogP contribution in [-0.2, 0) is 18.9 Å². The van der Waals surface area contributed by atoms with Gasteiger partial charge in [-0.25, -0.2) is 0 Å². The van der Waals surface area contributed by atoms with Crippen molar-refractivity contribution in [3.63, 3.8) is 0 Å². The van der Waals surface area contributed by atoms with E-state index in [2.05, 4.69) is 34.6 Å². The molecule has 7 aliphatic rings. The molecule has 2 heterocycles. The van der Waals surface area contributed by atoms with E-state index in [1.165, 1.54) is 13.8 Å². The third-order valence-corrected chi connectivity index (χ3v) is 15.9.